The second kappa shape index (κ2) is 4.93. The molecule has 4 rings (SSSR count). The van der Waals surface area contributed by atoms with E-state index in [9.17, 15) is 4.39 Å². The van der Waals surface area contributed by atoms with Gasteiger partial charge in [0.15, 0.2) is 0 Å². The molecule has 3 heteroatoms. The fourth-order valence-corrected chi connectivity index (χ4v) is 3.70. The lowest BCUT2D eigenvalue weighted by Gasteiger charge is -2.19. The minimum Gasteiger partial charge on any atom is -0.355 e. The summed E-state index contributed by atoms with van der Waals surface area (Å²) in [4.78, 5) is 0. The third kappa shape index (κ3) is 2.08. The van der Waals surface area contributed by atoms with Gasteiger partial charge in [-0.25, -0.2) is 4.39 Å². The maximum atomic E-state index is 13.7. The van der Waals surface area contributed by atoms with Gasteiger partial charge in [0.2, 0.25) is 0 Å². The number of hydrogen-bond donors (Lipinski definition) is 1. The highest BCUT2D eigenvalue weighted by atomic mass is 19.1. The van der Waals surface area contributed by atoms with Gasteiger partial charge in [-0.1, -0.05) is 30.3 Å². The first-order valence-corrected chi connectivity index (χ1v) is 7.45. The van der Waals surface area contributed by atoms with E-state index in [-0.39, 0.29) is 18.1 Å². The molecule has 2 nitrogen and oxygen atoms in total. The molecule has 21 heavy (non-hydrogen) atoms. The summed E-state index contributed by atoms with van der Waals surface area (Å²) in [5.41, 5.74) is 4.86. The molecule has 1 aliphatic heterocycles. The van der Waals surface area contributed by atoms with E-state index in [4.69, 9.17) is 4.74 Å². The van der Waals surface area contributed by atoms with Crippen molar-refractivity contribution in [2.24, 2.45) is 0 Å². The van der Waals surface area contributed by atoms with Crippen molar-refractivity contribution in [3.05, 3.63) is 70.5 Å². The number of halogens is 1. The van der Waals surface area contributed by atoms with Crippen LogP contribution >= 0.6 is 0 Å². The Morgan fingerprint density at radius 2 is 1.90 bits per heavy atom. The highest BCUT2D eigenvalue weighted by Gasteiger charge is 2.40. The number of nitrogens with one attached hydrogen (secondary N) is 1. The molecule has 1 N–H and O–H groups in total. The van der Waals surface area contributed by atoms with Gasteiger partial charge in [-0.3, -0.25) is 5.32 Å². The molecule has 0 aromatic heterocycles. The van der Waals surface area contributed by atoms with Crippen LogP contribution in [-0.2, 0) is 11.2 Å². The van der Waals surface area contributed by atoms with Crippen LogP contribution < -0.4 is 5.32 Å². The monoisotopic (exact) mass is 283 g/mol. The summed E-state index contributed by atoms with van der Waals surface area (Å²) in [6, 6.07) is 13.6. The maximum Gasteiger partial charge on any atom is 0.123 e. The van der Waals surface area contributed by atoms with Crippen molar-refractivity contribution in [2.75, 3.05) is 7.05 Å². The Balaban J connectivity index is 1.90. The van der Waals surface area contributed by atoms with Crippen LogP contribution in [0.15, 0.2) is 42.5 Å². The number of hydrogen-bond acceptors (Lipinski definition) is 2. The average Bonchev–Trinajstić information content (AvgIpc) is 2.89. The van der Waals surface area contributed by atoms with Crippen molar-refractivity contribution in [3.8, 4) is 0 Å². The van der Waals surface area contributed by atoms with Gasteiger partial charge in [0, 0.05) is 5.92 Å². The molecule has 0 amide bonds. The minimum atomic E-state index is -0.185. The summed E-state index contributed by atoms with van der Waals surface area (Å²) >= 11 is 0. The van der Waals surface area contributed by atoms with Crippen LogP contribution in [0.3, 0.4) is 0 Å². The predicted octanol–water partition coefficient (Wildman–Crippen LogP) is 3.52. The zero-order valence-electron chi connectivity index (χ0n) is 12.0. The summed E-state index contributed by atoms with van der Waals surface area (Å²) in [6.07, 6.45) is 1.75. The topological polar surface area (TPSA) is 21.3 Å². The number of benzene rings is 2. The van der Waals surface area contributed by atoms with E-state index in [0.717, 1.165) is 18.4 Å². The summed E-state index contributed by atoms with van der Waals surface area (Å²) < 4.78 is 19.9. The Morgan fingerprint density at radius 1 is 1.10 bits per heavy atom. The van der Waals surface area contributed by atoms with E-state index >= 15 is 0 Å². The molecule has 0 spiro atoms. The third-order valence-electron chi connectivity index (χ3n) is 4.72. The molecule has 0 bridgehead atoms. The molecule has 2 aromatic rings. The van der Waals surface area contributed by atoms with Crippen LogP contribution in [0.25, 0.3) is 0 Å². The highest BCUT2D eigenvalue weighted by Crippen LogP contribution is 2.48. The number of ether oxygens (including phenoxy) is 1. The lowest BCUT2D eigenvalue weighted by atomic mass is 9.88. The lowest BCUT2D eigenvalue weighted by molar-refractivity contribution is 0.0260. The summed E-state index contributed by atoms with van der Waals surface area (Å²) in [5.74, 6) is 0.108. The van der Waals surface area contributed by atoms with Gasteiger partial charge in [-0.05, 0) is 54.3 Å². The van der Waals surface area contributed by atoms with Crippen molar-refractivity contribution >= 4 is 0 Å². The molecule has 3 atom stereocenters. The van der Waals surface area contributed by atoms with Crippen LogP contribution in [0.5, 0.6) is 0 Å². The van der Waals surface area contributed by atoms with Crippen molar-refractivity contribution in [3.63, 3.8) is 0 Å². The highest BCUT2D eigenvalue weighted by molar-refractivity contribution is 5.45. The molecule has 2 aliphatic rings. The summed E-state index contributed by atoms with van der Waals surface area (Å²) in [5, 5.41) is 3.20. The SMILES string of the molecule is CNC1CC2c3ccccc3Cc3ccc(F)cc3C2O1. The Kier molecular flexibility index (Phi) is 3.05. The van der Waals surface area contributed by atoms with Gasteiger partial charge >= 0.3 is 0 Å². The first kappa shape index (κ1) is 13.0. The van der Waals surface area contributed by atoms with E-state index in [1.54, 1.807) is 12.1 Å². The second-order valence-electron chi connectivity index (χ2n) is 5.89. The average molecular weight is 283 g/mol. The Labute approximate surface area is 123 Å². The van der Waals surface area contributed by atoms with Gasteiger partial charge in [-0.2, -0.15) is 0 Å². The number of rotatable bonds is 1. The van der Waals surface area contributed by atoms with Gasteiger partial charge < -0.3 is 4.74 Å². The van der Waals surface area contributed by atoms with Gasteiger partial charge in [-0.15, -0.1) is 0 Å². The maximum absolute atomic E-state index is 13.7. The Hall–Kier alpha value is -1.71. The second-order valence-corrected chi connectivity index (χ2v) is 5.89. The lowest BCUT2D eigenvalue weighted by Crippen LogP contribution is -2.23. The Morgan fingerprint density at radius 3 is 2.76 bits per heavy atom. The van der Waals surface area contributed by atoms with Crippen LogP contribution in [0, 0.1) is 5.82 Å². The van der Waals surface area contributed by atoms with E-state index in [2.05, 4.69) is 29.6 Å². The van der Waals surface area contributed by atoms with Gasteiger partial charge in [0.05, 0.1) is 6.10 Å². The van der Waals surface area contributed by atoms with Crippen molar-refractivity contribution in [1.82, 2.24) is 5.32 Å². The van der Waals surface area contributed by atoms with Crippen LogP contribution in [0.1, 0.15) is 40.7 Å². The molecule has 0 radical (unpaired) electrons. The van der Waals surface area contributed by atoms with Crippen LogP contribution in [-0.4, -0.2) is 13.3 Å². The largest absolute Gasteiger partial charge is 0.355 e. The molecule has 2 aromatic carbocycles. The predicted molar refractivity (Wildman–Crippen MR) is 79.7 cm³/mol. The smallest absolute Gasteiger partial charge is 0.123 e. The normalized spacial score (nSPS) is 26.7. The zero-order valence-corrected chi connectivity index (χ0v) is 12.0. The fourth-order valence-electron chi connectivity index (χ4n) is 3.70. The molecule has 108 valence electrons. The quantitative estimate of drug-likeness (QED) is 0.864. The van der Waals surface area contributed by atoms with Gasteiger partial charge in [0.1, 0.15) is 12.0 Å². The van der Waals surface area contributed by atoms with Crippen LogP contribution in [0.4, 0.5) is 4.39 Å². The summed E-state index contributed by atoms with van der Waals surface area (Å²) in [7, 11) is 1.91. The molecular formula is C18H18FNO. The van der Waals surface area contributed by atoms with E-state index in [1.807, 2.05) is 13.1 Å². The molecule has 1 aliphatic carbocycles. The first-order chi connectivity index (χ1) is 10.3. The Bertz CT molecular complexity index is 685. The van der Waals surface area contributed by atoms with Crippen molar-refractivity contribution in [1.29, 1.82) is 0 Å². The van der Waals surface area contributed by atoms with E-state index in [0.29, 0.717) is 5.92 Å². The third-order valence-corrected chi connectivity index (χ3v) is 4.72. The minimum absolute atomic E-state index is 0.0299. The first-order valence-electron chi connectivity index (χ1n) is 7.45. The molecule has 1 saturated heterocycles. The molecular weight excluding hydrogens is 265 g/mol. The molecule has 1 fully saturated rings. The van der Waals surface area contributed by atoms with Crippen molar-refractivity contribution < 1.29 is 9.13 Å². The van der Waals surface area contributed by atoms with Crippen molar-refractivity contribution in [2.45, 2.75) is 31.1 Å². The van der Waals surface area contributed by atoms with E-state index < -0.39 is 0 Å². The fraction of sp³-hybridized carbons (Fsp3) is 0.333. The summed E-state index contributed by atoms with van der Waals surface area (Å²) in [6.45, 7) is 0. The van der Waals surface area contributed by atoms with Gasteiger partial charge in [0.25, 0.3) is 0 Å². The zero-order chi connectivity index (χ0) is 14.4. The van der Waals surface area contributed by atoms with Crippen LogP contribution in [0.2, 0.25) is 0 Å². The molecule has 0 saturated carbocycles. The standard InChI is InChI=1S/C18H18FNO/c1-20-17-10-16-14-5-3-2-4-11(14)8-12-6-7-13(19)9-15(12)18(16)21-17/h2-7,9,16-18,20H,8,10H2,1H3. The number of fused-ring (bicyclic) bond motifs is 5. The van der Waals surface area contributed by atoms with E-state index in [1.165, 1.54) is 16.7 Å². The molecule has 3 unspecified atom stereocenters. The molecule has 1 heterocycles.